The van der Waals surface area contributed by atoms with Crippen molar-refractivity contribution in [3.05, 3.63) is 0 Å². The third kappa shape index (κ3) is 7.68. The smallest absolute Gasteiger partial charge is 0.106 e. The third-order valence-corrected chi connectivity index (χ3v) is 3.00. The highest BCUT2D eigenvalue weighted by Gasteiger charge is 2.27. The van der Waals surface area contributed by atoms with Crippen LogP contribution in [0.25, 0.3) is 0 Å². The third-order valence-electron chi connectivity index (χ3n) is 3.00. The SMILES string of the molecule is CCCC(C)COC(C)CC(C)(C#N)NC(C)C. The zero-order chi connectivity index (χ0) is 14.2. The van der Waals surface area contributed by atoms with Crippen LogP contribution in [0.1, 0.15) is 60.8 Å². The monoisotopic (exact) mass is 254 g/mol. The zero-order valence-corrected chi connectivity index (χ0v) is 12.9. The summed E-state index contributed by atoms with van der Waals surface area (Å²) < 4.78 is 5.84. The van der Waals surface area contributed by atoms with Crippen molar-refractivity contribution in [2.45, 2.75) is 78.5 Å². The summed E-state index contributed by atoms with van der Waals surface area (Å²) in [6.07, 6.45) is 3.23. The first-order chi connectivity index (χ1) is 8.33. The summed E-state index contributed by atoms with van der Waals surface area (Å²) in [5, 5.41) is 12.6. The molecule has 18 heavy (non-hydrogen) atoms. The van der Waals surface area contributed by atoms with Gasteiger partial charge in [-0.1, -0.05) is 20.3 Å². The van der Waals surface area contributed by atoms with E-state index in [0.29, 0.717) is 12.0 Å². The molecule has 3 nitrogen and oxygen atoms in total. The molecule has 0 aliphatic heterocycles. The summed E-state index contributed by atoms with van der Waals surface area (Å²) in [7, 11) is 0. The van der Waals surface area contributed by atoms with Gasteiger partial charge >= 0.3 is 0 Å². The number of hydrogen-bond donors (Lipinski definition) is 1. The van der Waals surface area contributed by atoms with Crippen molar-refractivity contribution in [2.24, 2.45) is 5.92 Å². The van der Waals surface area contributed by atoms with Crippen molar-refractivity contribution in [1.82, 2.24) is 5.32 Å². The molecule has 0 aromatic rings. The van der Waals surface area contributed by atoms with Crippen molar-refractivity contribution in [3.8, 4) is 6.07 Å². The Morgan fingerprint density at radius 1 is 1.28 bits per heavy atom. The maximum Gasteiger partial charge on any atom is 0.106 e. The van der Waals surface area contributed by atoms with Crippen molar-refractivity contribution in [1.29, 1.82) is 5.26 Å². The van der Waals surface area contributed by atoms with Gasteiger partial charge in [-0.3, -0.25) is 5.32 Å². The van der Waals surface area contributed by atoms with Gasteiger partial charge < -0.3 is 4.74 Å². The molecule has 0 heterocycles. The van der Waals surface area contributed by atoms with Gasteiger partial charge in [0.15, 0.2) is 0 Å². The molecular weight excluding hydrogens is 224 g/mol. The van der Waals surface area contributed by atoms with E-state index in [1.54, 1.807) is 0 Å². The summed E-state index contributed by atoms with van der Waals surface area (Å²) in [6.45, 7) is 13.3. The molecule has 0 aromatic heterocycles. The van der Waals surface area contributed by atoms with Crippen LogP contribution in [-0.4, -0.2) is 24.3 Å². The van der Waals surface area contributed by atoms with Crippen LogP contribution in [0, 0.1) is 17.2 Å². The van der Waals surface area contributed by atoms with Crippen LogP contribution in [0.2, 0.25) is 0 Å². The summed E-state index contributed by atoms with van der Waals surface area (Å²) >= 11 is 0. The highest BCUT2D eigenvalue weighted by Crippen LogP contribution is 2.16. The van der Waals surface area contributed by atoms with Gasteiger partial charge in [-0.2, -0.15) is 5.26 Å². The Kier molecular flexibility index (Phi) is 8.22. The Morgan fingerprint density at radius 2 is 1.89 bits per heavy atom. The van der Waals surface area contributed by atoms with Crippen molar-refractivity contribution >= 4 is 0 Å². The average Bonchev–Trinajstić information content (AvgIpc) is 2.25. The molecule has 3 atom stereocenters. The van der Waals surface area contributed by atoms with Gasteiger partial charge in [-0.05, 0) is 40.0 Å². The van der Waals surface area contributed by atoms with Gasteiger partial charge in [-0.15, -0.1) is 0 Å². The second kappa shape index (κ2) is 8.50. The Hall–Kier alpha value is -0.590. The molecule has 0 bridgehead atoms. The highest BCUT2D eigenvalue weighted by atomic mass is 16.5. The van der Waals surface area contributed by atoms with Crippen molar-refractivity contribution in [3.63, 3.8) is 0 Å². The fourth-order valence-electron chi connectivity index (χ4n) is 2.31. The van der Waals surface area contributed by atoms with Crippen LogP contribution in [-0.2, 0) is 4.74 Å². The molecular formula is C15H30N2O. The van der Waals surface area contributed by atoms with Gasteiger partial charge in [0.2, 0.25) is 0 Å². The van der Waals surface area contributed by atoms with E-state index < -0.39 is 5.54 Å². The first-order valence-electron chi connectivity index (χ1n) is 7.13. The van der Waals surface area contributed by atoms with Gasteiger partial charge in [0, 0.05) is 19.1 Å². The number of nitrogens with zero attached hydrogens (tertiary/aromatic N) is 1. The standard InChI is InChI=1S/C15H30N2O/c1-7-8-13(4)10-18-14(5)9-15(6,11-16)17-12(2)3/h12-14,17H,7-10H2,1-6H3. The lowest BCUT2D eigenvalue weighted by atomic mass is 9.95. The van der Waals surface area contributed by atoms with Gasteiger partial charge in [0.1, 0.15) is 5.54 Å². The summed E-state index contributed by atoms with van der Waals surface area (Å²) in [4.78, 5) is 0. The first-order valence-corrected chi connectivity index (χ1v) is 7.13. The molecule has 0 spiro atoms. The molecule has 0 aliphatic rings. The number of nitrogens with one attached hydrogen (secondary N) is 1. The lowest BCUT2D eigenvalue weighted by Crippen LogP contribution is -2.47. The summed E-state index contributed by atoms with van der Waals surface area (Å²) in [5.74, 6) is 0.601. The van der Waals surface area contributed by atoms with E-state index in [-0.39, 0.29) is 6.10 Å². The summed E-state index contributed by atoms with van der Waals surface area (Å²) in [5.41, 5.74) is -0.498. The van der Waals surface area contributed by atoms with Crippen LogP contribution < -0.4 is 5.32 Å². The molecule has 0 saturated heterocycles. The fraction of sp³-hybridized carbons (Fsp3) is 0.933. The van der Waals surface area contributed by atoms with E-state index in [1.165, 1.54) is 12.8 Å². The molecule has 0 saturated carbocycles. The molecule has 0 amide bonds. The Morgan fingerprint density at radius 3 is 2.33 bits per heavy atom. The van der Waals surface area contributed by atoms with E-state index >= 15 is 0 Å². The minimum Gasteiger partial charge on any atom is -0.378 e. The maximum atomic E-state index is 9.28. The van der Waals surface area contributed by atoms with Gasteiger partial charge in [0.25, 0.3) is 0 Å². The number of rotatable bonds is 9. The van der Waals surface area contributed by atoms with Crippen molar-refractivity contribution < 1.29 is 4.74 Å². The fourth-order valence-corrected chi connectivity index (χ4v) is 2.31. The Balaban J connectivity index is 4.12. The predicted octanol–water partition coefficient (Wildman–Crippen LogP) is 3.50. The minimum atomic E-state index is -0.498. The van der Waals surface area contributed by atoms with Gasteiger partial charge in [-0.25, -0.2) is 0 Å². The molecule has 0 aromatic carbocycles. The van der Waals surface area contributed by atoms with Crippen LogP contribution in [0.3, 0.4) is 0 Å². The average molecular weight is 254 g/mol. The number of ether oxygens (including phenoxy) is 1. The molecule has 0 radical (unpaired) electrons. The Bertz CT molecular complexity index is 260. The van der Waals surface area contributed by atoms with E-state index in [2.05, 4.69) is 46.0 Å². The molecule has 3 unspecified atom stereocenters. The van der Waals surface area contributed by atoms with E-state index in [1.807, 2.05) is 6.92 Å². The number of nitriles is 1. The van der Waals surface area contributed by atoms with E-state index in [0.717, 1.165) is 13.0 Å². The molecule has 106 valence electrons. The molecule has 0 rings (SSSR count). The molecule has 3 heteroatoms. The lowest BCUT2D eigenvalue weighted by molar-refractivity contribution is 0.0259. The van der Waals surface area contributed by atoms with Crippen molar-refractivity contribution in [2.75, 3.05) is 6.61 Å². The minimum absolute atomic E-state index is 0.111. The van der Waals surface area contributed by atoms with Crippen LogP contribution in [0.15, 0.2) is 0 Å². The number of hydrogen-bond acceptors (Lipinski definition) is 3. The predicted molar refractivity (Wildman–Crippen MR) is 76.4 cm³/mol. The molecule has 0 fully saturated rings. The largest absolute Gasteiger partial charge is 0.378 e. The lowest BCUT2D eigenvalue weighted by Gasteiger charge is -2.29. The van der Waals surface area contributed by atoms with E-state index in [9.17, 15) is 5.26 Å². The van der Waals surface area contributed by atoms with Gasteiger partial charge in [0.05, 0.1) is 12.2 Å². The summed E-state index contributed by atoms with van der Waals surface area (Å²) in [6, 6.07) is 2.67. The van der Waals surface area contributed by atoms with Crippen LogP contribution in [0.4, 0.5) is 0 Å². The zero-order valence-electron chi connectivity index (χ0n) is 12.9. The Labute approximate surface area is 113 Å². The second-order valence-corrected chi connectivity index (χ2v) is 5.98. The quantitative estimate of drug-likeness (QED) is 0.685. The van der Waals surface area contributed by atoms with Crippen LogP contribution >= 0.6 is 0 Å². The van der Waals surface area contributed by atoms with E-state index in [4.69, 9.17) is 4.74 Å². The van der Waals surface area contributed by atoms with Crippen LogP contribution in [0.5, 0.6) is 0 Å². The normalized spacial score (nSPS) is 18.1. The highest BCUT2D eigenvalue weighted by molar-refractivity contribution is 5.05. The topological polar surface area (TPSA) is 45.0 Å². The maximum absolute atomic E-state index is 9.28. The first kappa shape index (κ1) is 17.4. The molecule has 0 aliphatic carbocycles. The molecule has 1 N–H and O–H groups in total. The second-order valence-electron chi connectivity index (χ2n) is 5.98.